The first kappa shape index (κ1) is 20.8. The maximum Gasteiger partial charge on any atom is 0.217 e. The van der Waals surface area contributed by atoms with Crippen LogP contribution in [-0.2, 0) is 10.2 Å². The first-order valence-electron chi connectivity index (χ1n) is 11.2. The summed E-state index contributed by atoms with van der Waals surface area (Å²) in [4.78, 5) is 18.2. The van der Waals surface area contributed by atoms with Gasteiger partial charge >= 0.3 is 0 Å². The maximum atomic E-state index is 11.4. The Morgan fingerprint density at radius 2 is 2.00 bits per heavy atom. The van der Waals surface area contributed by atoms with Crippen molar-refractivity contribution in [3.63, 3.8) is 0 Å². The number of nitrogens with two attached hydrogens (primary N) is 1. The lowest BCUT2D eigenvalue weighted by molar-refractivity contribution is -0.119. The molecular weight excluding hydrogens is 380 g/mol. The molecule has 1 saturated heterocycles. The molecule has 1 unspecified atom stereocenters. The van der Waals surface area contributed by atoms with Gasteiger partial charge in [-0.1, -0.05) is 18.9 Å². The van der Waals surface area contributed by atoms with E-state index in [9.17, 15) is 4.79 Å². The second kappa shape index (κ2) is 9.14. The van der Waals surface area contributed by atoms with Gasteiger partial charge in [0.1, 0.15) is 13.2 Å². The van der Waals surface area contributed by atoms with Gasteiger partial charge < -0.3 is 25.4 Å². The van der Waals surface area contributed by atoms with E-state index in [1.54, 1.807) is 0 Å². The number of hydrogen-bond donors (Lipinski definition) is 2. The van der Waals surface area contributed by atoms with Crippen molar-refractivity contribution >= 4 is 11.9 Å². The zero-order chi connectivity index (χ0) is 21.0. The minimum atomic E-state index is -0.215. The van der Waals surface area contributed by atoms with Crippen LogP contribution in [0.5, 0.6) is 11.5 Å². The summed E-state index contributed by atoms with van der Waals surface area (Å²) in [5.41, 5.74) is 6.82. The zero-order valence-electron chi connectivity index (χ0n) is 18.0. The Labute approximate surface area is 179 Å². The number of primary amides is 1. The van der Waals surface area contributed by atoms with Gasteiger partial charge in [-0.05, 0) is 49.3 Å². The second-order valence-corrected chi connectivity index (χ2v) is 8.87. The lowest BCUT2D eigenvalue weighted by Crippen LogP contribution is -2.50. The summed E-state index contributed by atoms with van der Waals surface area (Å²) in [5, 5.41) is 3.66. The predicted molar refractivity (Wildman–Crippen MR) is 117 cm³/mol. The van der Waals surface area contributed by atoms with E-state index in [4.69, 9.17) is 15.2 Å². The highest BCUT2D eigenvalue weighted by Gasteiger charge is 2.37. The molecule has 4 rings (SSSR count). The van der Waals surface area contributed by atoms with Crippen LogP contribution >= 0.6 is 0 Å². The number of carbonyl (C=O) groups is 1. The topological polar surface area (TPSA) is 89.2 Å². The molecule has 0 spiro atoms. The standard InChI is InChI=1S/C23H34N4O3/c1-25-22(27-10-4-5-17(15-27)13-21(24)28)26-16-23(8-2-3-9-23)18-6-7-19-20(14-18)30-12-11-29-19/h6-7,14,17H,2-5,8-13,15-16H2,1H3,(H2,24,28)(H,25,26). The van der Waals surface area contributed by atoms with Crippen molar-refractivity contribution in [3.05, 3.63) is 23.8 Å². The van der Waals surface area contributed by atoms with Crippen molar-refractivity contribution in [1.82, 2.24) is 10.2 Å². The third-order valence-corrected chi connectivity index (χ3v) is 6.82. The summed E-state index contributed by atoms with van der Waals surface area (Å²) < 4.78 is 11.5. The molecule has 164 valence electrons. The Bertz CT molecular complexity index is 789. The molecule has 7 nitrogen and oxygen atoms in total. The molecule has 0 aromatic heterocycles. The van der Waals surface area contributed by atoms with Crippen molar-refractivity contribution in [1.29, 1.82) is 0 Å². The lowest BCUT2D eigenvalue weighted by atomic mass is 9.78. The SMILES string of the molecule is CN=C(NCC1(c2ccc3c(c2)OCCO3)CCCC1)N1CCCC(CC(N)=O)C1. The van der Waals surface area contributed by atoms with Crippen LogP contribution in [0.25, 0.3) is 0 Å². The highest BCUT2D eigenvalue weighted by Crippen LogP contribution is 2.43. The van der Waals surface area contributed by atoms with Crippen molar-refractivity contribution in [2.45, 2.75) is 50.4 Å². The van der Waals surface area contributed by atoms with Crippen molar-refractivity contribution < 1.29 is 14.3 Å². The van der Waals surface area contributed by atoms with Gasteiger partial charge in [-0.2, -0.15) is 0 Å². The van der Waals surface area contributed by atoms with Gasteiger partial charge in [-0.3, -0.25) is 9.79 Å². The van der Waals surface area contributed by atoms with Crippen LogP contribution in [0.1, 0.15) is 50.5 Å². The van der Waals surface area contributed by atoms with Crippen LogP contribution in [0.2, 0.25) is 0 Å². The molecule has 1 atom stereocenters. The first-order valence-corrected chi connectivity index (χ1v) is 11.2. The molecule has 1 aromatic carbocycles. The zero-order valence-corrected chi connectivity index (χ0v) is 18.0. The molecule has 1 amide bonds. The molecule has 7 heteroatoms. The van der Waals surface area contributed by atoms with E-state index in [0.717, 1.165) is 62.8 Å². The lowest BCUT2D eigenvalue weighted by Gasteiger charge is -2.37. The van der Waals surface area contributed by atoms with Crippen LogP contribution in [0, 0.1) is 5.92 Å². The van der Waals surface area contributed by atoms with Crippen LogP contribution in [-0.4, -0.2) is 56.7 Å². The van der Waals surface area contributed by atoms with E-state index >= 15 is 0 Å². The highest BCUT2D eigenvalue weighted by molar-refractivity contribution is 5.80. The second-order valence-electron chi connectivity index (χ2n) is 8.87. The molecule has 30 heavy (non-hydrogen) atoms. The molecule has 2 fully saturated rings. The first-order chi connectivity index (χ1) is 14.6. The summed E-state index contributed by atoms with van der Waals surface area (Å²) in [5.74, 6) is 2.73. The number of nitrogens with zero attached hydrogens (tertiary/aromatic N) is 2. The fourth-order valence-electron chi connectivity index (χ4n) is 5.28. The number of guanidine groups is 1. The molecule has 2 aliphatic heterocycles. The minimum absolute atomic E-state index is 0.0776. The molecule has 1 aromatic rings. The van der Waals surface area contributed by atoms with E-state index in [1.165, 1.54) is 18.4 Å². The van der Waals surface area contributed by atoms with E-state index in [0.29, 0.717) is 25.6 Å². The average Bonchev–Trinajstić information content (AvgIpc) is 3.24. The predicted octanol–water partition coefficient (Wildman–Crippen LogP) is 2.43. The monoisotopic (exact) mass is 414 g/mol. The van der Waals surface area contributed by atoms with Gasteiger partial charge in [0.05, 0.1) is 0 Å². The molecule has 1 saturated carbocycles. The smallest absolute Gasteiger partial charge is 0.217 e. The van der Waals surface area contributed by atoms with E-state index in [-0.39, 0.29) is 11.3 Å². The molecule has 0 radical (unpaired) electrons. The van der Waals surface area contributed by atoms with Gasteiger partial charge in [-0.15, -0.1) is 0 Å². The number of piperidine rings is 1. The van der Waals surface area contributed by atoms with E-state index in [1.807, 2.05) is 7.05 Å². The van der Waals surface area contributed by atoms with Crippen LogP contribution in [0.15, 0.2) is 23.2 Å². The van der Waals surface area contributed by atoms with Crippen LogP contribution in [0.4, 0.5) is 0 Å². The van der Waals surface area contributed by atoms with Gasteiger partial charge in [0.2, 0.25) is 5.91 Å². The quantitative estimate of drug-likeness (QED) is 0.571. The number of ether oxygens (including phenoxy) is 2. The number of likely N-dealkylation sites (tertiary alicyclic amines) is 1. The Kier molecular flexibility index (Phi) is 6.35. The highest BCUT2D eigenvalue weighted by atomic mass is 16.6. The number of benzene rings is 1. The number of amides is 1. The van der Waals surface area contributed by atoms with Gasteiger partial charge in [0, 0.05) is 38.5 Å². The molecule has 3 N–H and O–H groups in total. The minimum Gasteiger partial charge on any atom is -0.486 e. The number of rotatable bonds is 5. The Morgan fingerprint density at radius 1 is 1.23 bits per heavy atom. The Morgan fingerprint density at radius 3 is 2.73 bits per heavy atom. The molecular formula is C23H34N4O3. The number of nitrogens with one attached hydrogen (secondary N) is 1. The normalized spacial score (nSPS) is 23.3. The number of carbonyl (C=O) groups excluding carboxylic acids is 1. The van der Waals surface area contributed by atoms with E-state index in [2.05, 4.69) is 33.4 Å². The van der Waals surface area contributed by atoms with Crippen molar-refractivity contribution in [3.8, 4) is 11.5 Å². The molecule has 2 heterocycles. The Hall–Kier alpha value is -2.44. The fraction of sp³-hybridized carbons (Fsp3) is 0.652. The fourth-order valence-corrected chi connectivity index (χ4v) is 5.28. The maximum absolute atomic E-state index is 11.4. The number of fused-ring (bicyclic) bond motifs is 1. The van der Waals surface area contributed by atoms with E-state index < -0.39 is 0 Å². The largest absolute Gasteiger partial charge is 0.486 e. The summed E-state index contributed by atoms with van der Waals surface area (Å²) in [6.45, 7) is 3.86. The summed E-state index contributed by atoms with van der Waals surface area (Å²) >= 11 is 0. The number of hydrogen-bond acceptors (Lipinski definition) is 4. The van der Waals surface area contributed by atoms with Crippen LogP contribution < -0.4 is 20.5 Å². The summed E-state index contributed by atoms with van der Waals surface area (Å²) in [7, 11) is 1.84. The van der Waals surface area contributed by atoms with Gasteiger partial charge in [-0.25, -0.2) is 0 Å². The van der Waals surface area contributed by atoms with Crippen molar-refractivity contribution in [2.24, 2.45) is 16.6 Å². The van der Waals surface area contributed by atoms with Gasteiger partial charge in [0.15, 0.2) is 17.5 Å². The van der Waals surface area contributed by atoms with Crippen LogP contribution in [0.3, 0.4) is 0 Å². The third kappa shape index (κ3) is 4.50. The van der Waals surface area contributed by atoms with Crippen molar-refractivity contribution in [2.75, 3.05) is 39.9 Å². The number of aliphatic imine (C=N–C) groups is 1. The summed E-state index contributed by atoms with van der Waals surface area (Å²) in [6.07, 6.45) is 7.35. The third-order valence-electron chi connectivity index (χ3n) is 6.82. The van der Waals surface area contributed by atoms with Gasteiger partial charge in [0.25, 0.3) is 0 Å². The summed E-state index contributed by atoms with van der Waals surface area (Å²) in [6, 6.07) is 6.43. The average molecular weight is 415 g/mol. The molecule has 0 bridgehead atoms. The Balaban J connectivity index is 1.46. The molecule has 1 aliphatic carbocycles. The molecule has 3 aliphatic rings.